The molecule has 0 atom stereocenters. The molecule has 0 aliphatic heterocycles. The van der Waals surface area contributed by atoms with Gasteiger partial charge >= 0.3 is 0 Å². The topological polar surface area (TPSA) is 78.9 Å². The van der Waals surface area contributed by atoms with E-state index in [-0.39, 0.29) is 11.3 Å². The molecule has 0 bridgehead atoms. The molecule has 5 heteroatoms. The minimum atomic E-state index is -0.566. The van der Waals surface area contributed by atoms with Crippen LogP contribution in [0.4, 0.5) is 15.8 Å². The Morgan fingerprint density at radius 1 is 1.30 bits per heavy atom. The first kappa shape index (κ1) is 13.6. The number of benzene rings is 2. The fraction of sp³-hybridized carbons (Fsp3) is 0.0667. The lowest BCUT2D eigenvalue weighted by Crippen LogP contribution is -2.13. The molecule has 0 aliphatic rings. The molecule has 0 heterocycles. The summed E-state index contributed by atoms with van der Waals surface area (Å²) in [5.74, 6) is -0.973. The Balaban J connectivity index is 2.28. The third-order valence-corrected chi connectivity index (χ3v) is 2.87. The lowest BCUT2D eigenvalue weighted by atomic mass is 10.1. The van der Waals surface area contributed by atoms with E-state index in [2.05, 4.69) is 5.32 Å². The largest absolute Gasteiger partial charge is 0.396 e. The monoisotopic (exact) mass is 269 g/mol. The Kier molecular flexibility index (Phi) is 3.67. The molecule has 3 N–H and O–H groups in total. The average Bonchev–Trinajstić information content (AvgIpc) is 2.44. The van der Waals surface area contributed by atoms with Gasteiger partial charge < -0.3 is 11.1 Å². The fourth-order valence-corrected chi connectivity index (χ4v) is 1.71. The third-order valence-electron chi connectivity index (χ3n) is 2.87. The van der Waals surface area contributed by atoms with Crippen LogP contribution in [-0.4, -0.2) is 5.91 Å². The summed E-state index contributed by atoms with van der Waals surface area (Å²) < 4.78 is 13.1. The predicted molar refractivity (Wildman–Crippen MR) is 74.7 cm³/mol. The van der Waals surface area contributed by atoms with Crippen molar-refractivity contribution in [2.45, 2.75) is 6.92 Å². The molecule has 2 aromatic rings. The van der Waals surface area contributed by atoms with Crippen LogP contribution >= 0.6 is 0 Å². The number of hydrogen-bond acceptors (Lipinski definition) is 3. The van der Waals surface area contributed by atoms with Crippen molar-refractivity contribution >= 4 is 17.3 Å². The Hall–Kier alpha value is -2.87. The minimum Gasteiger partial charge on any atom is -0.396 e. The van der Waals surface area contributed by atoms with Crippen molar-refractivity contribution in [3.8, 4) is 6.07 Å². The lowest BCUT2D eigenvalue weighted by molar-refractivity contribution is 0.102. The normalized spacial score (nSPS) is 9.85. The van der Waals surface area contributed by atoms with Gasteiger partial charge in [0.15, 0.2) is 0 Å². The summed E-state index contributed by atoms with van der Waals surface area (Å²) in [6.45, 7) is 1.82. The molecule has 1 amide bonds. The van der Waals surface area contributed by atoms with E-state index in [1.165, 1.54) is 12.1 Å². The summed E-state index contributed by atoms with van der Waals surface area (Å²) >= 11 is 0. The predicted octanol–water partition coefficient (Wildman–Crippen LogP) is 2.84. The standard InChI is InChI=1S/C15H12FN3O/c1-9-2-3-10(8-17)6-14(9)19-15(20)11-4-5-12(16)13(18)7-11/h2-7H,18H2,1H3,(H,19,20). The molecule has 0 saturated heterocycles. The van der Waals surface area contributed by atoms with Crippen LogP contribution in [-0.2, 0) is 0 Å². The second kappa shape index (κ2) is 5.41. The number of nitrogens with two attached hydrogens (primary N) is 1. The molecule has 4 nitrogen and oxygen atoms in total. The maximum Gasteiger partial charge on any atom is 0.255 e. The van der Waals surface area contributed by atoms with E-state index in [1.807, 2.05) is 13.0 Å². The highest BCUT2D eigenvalue weighted by atomic mass is 19.1. The number of hydrogen-bond donors (Lipinski definition) is 2. The highest BCUT2D eigenvalue weighted by molar-refractivity contribution is 6.05. The molecular formula is C15H12FN3O. The zero-order valence-electron chi connectivity index (χ0n) is 10.8. The van der Waals surface area contributed by atoms with Crippen molar-refractivity contribution in [1.82, 2.24) is 0 Å². The zero-order valence-corrected chi connectivity index (χ0v) is 10.8. The van der Waals surface area contributed by atoms with Gasteiger partial charge in [-0.15, -0.1) is 0 Å². The Morgan fingerprint density at radius 2 is 2.05 bits per heavy atom. The van der Waals surface area contributed by atoms with Gasteiger partial charge in [-0.25, -0.2) is 4.39 Å². The van der Waals surface area contributed by atoms with E-state index in [4.69, 9.17) is 11.0 Å². The second-order valence-corrected chi connectivity index (χ2v) is 4.33. The van der Waals surface area contributed by atoms with Crippen molar-refractivity contribution in [3.05, 3.63) is 58.9 Å². The van der Waals surface area contributed by atoms with Crippen LogP contribution in [0.15, 0.2) is 36.4 Å². The van der Waals surface area contributed by atoms with Crippen LogP contribution < -0.4 is 11.1 Å². The van der Waals surface area contributed by atoms with Gasteiger partial charge in [0.05, 0.1) is 17.3 Å². The molecule has 2 rings (SSSR count). The highest BCUT2D eigenvalue weighted by Gasteiger charge is 2.10. The van der Waals surface area contributed by atoms with Crippen LogP contribution in [0.1, 0.15) is 21.5 Å². The van der Waals surface area contributed by atoms with Gasteiger partial charge in [-0.3, -0.25) is 4.79 Å². The molecule has 100 valence electrons. The van der Waals surface area contributed by atoms with E-state index >= 15 is 0 Å². The van der Waals surface area contributed by atoms with E-state index in [0.717, 1.165) is 11.6 Å². The first-order valence-corrected chi connectivity index (χ1v) is 5.88. The first-order chi connectivity index (χ1) is 9.51. The van der Waals surface area contributed by atoms with Crippen molar-refractivity contribution in [2.24, 2.45) is 0 Å². The zero-order chi connectivity index (χ0) is 14.7. The summed E-state index contributed by atoms with van der Waals surface area (Å²) in [5, 5.41) is 11.5. The van der Waals surface area contributed by atoms with Crippen LogP contribution in [0, 0.1) is 24.1 Å². The van der Waals surface area contributed by atoms with Gasteiger partial charge in [0, 0.05) is 11.3 Å². The van der Waals surface area contributed by atoms with Crippen molar-refractivity contribution < 1.29 is 9.18 Å². The quantitative estimate of drug-likeness (QED) is 0.823. The summed E-state index contributed by atoms with van der Waals surface area (Å²) in [4.78, 5) is 12.1. The molecule has 0 spiro atoms. The Bertz CT molecular complexity index is 720. The lowest BCUT2D eigenvalue weighted by Gasteiger charge is -2.09. The van der Waals surface area contributed by atoms with Crippen molar-refractivity contribution in [2.75, 3.05) is 11.1 Å². The minimum absolute atomic E-state index is 0.0832. The van der Waals surface area contributed by atoms with Crippen LogP contribution in [0.2, 0.25) is 0 Å². The molecular weight excluding hydrogens is 257 g/mol. The van der Waals surface area contributed by atoms with Gasteiger partial charge in [-0.05, 0) is 42.8 Å². The highest BCUT2D eigenvalue weighted by Crippen LogP contribution is 2.19. The molecule has 0 aromatic heterocycles. The fourth-order valence-electron chi connectivity index (χ4n) is 1.71. The van der Waals surface area contributed by atoms with E-state index in [0.29, 0.717) is 11.3 Å². The van der Waals surface area contributed by atoms with Gasteiger partial charge in [0.2, 0.25) is 0 Å². The van der Waals surface area contributed by atoms with Gasteiger partial charge in [-0.2, -0.15) is 5.26 Å². The Morgan fingerprint density at radius 3 is 2.70 bits per heavy atom. The number of carbonyl (C=O) groups is 1. The average molecular weight is 269 g/mol. The third kappa shape index (κ3) is 2.75. The summed E-state index contributed by atoms with van der Waals surface area (Å²) in [6, 6.07) is 10.8. The molecule has 0 radical (unpaired) electrons. The SMILES string of the molecule is Cc1ccc(C#N)cc1NC(=O)c1ccc(F)c(N)c1. The second-order valence-electron chi connectivity index (χ2n) is 4.33. The molecule has 20 heavy (non-hydrogen) atoms. The Labute approximate surface area is 115 Å². The number of carbonyl (C=O) groups excluding carboxylic acids is 1. The smallest absolute Gasteiger partial charge is 0.255 e. The summed E-state index contributed by atoms with van der Waals surface area (Å²) in [7, 11) is 0. The maximum atomic E-state index is 13.1. The van der Waals surface area contributed by atoms with E-state index in [9.17, 15) is 9.18 Å². The van der Waals surface area contributed by atoms with Crippen LogP contribution in [0.25, 0.3) is 0 Å². The molecule has 0 unspecified atom stereocenters. The van der Waals surface area contributed by atoms with E-state index < -0.39 is 11.7 Å². The molecule has 0 fully saturated rings. The van der Waals surface area contributed by atoms with Gasteiger partial charge in [0.25, 0.3) is 5.91 Å². The maximum absolute atomic E-state index is 13.1. The number of nitriles is 1. The molecule has 0 aliphatic carbocycles. The van der Waals surface area contributed by atoms with Crippen molar-refractivity contribution in [1.29, 1.82) is 5.26 Å². The number of rotatable bonds is 2. The first-order valence-electron chi connectivity index (χ1n) is 5.88. The number of anilines is 2. The number of nitrogens with one attached hydrogen (secondary N) is 1. The summed E-state index contributed by atoms with van der Waals surface area (Å²) in [6.07, 6.45) is 0. The van der Waals surface area contributed by atoms with Crippen molar-refractivity contribution in [3.63, 3.8) is 0 Å². The van der Waals surface area contributed by atoms with E-state index in [1.54, 1.807) is 18.2 Å². The number of nitrogens with zero attached hydrogens (tertiary/aromatic N) is 1. The molecule has 0 saturated carbocycles. The number of halogens is 1. The van der Waals surface area contributed by atoms with Crippen LogP contribution in [0.5, 0.6) is 0 Å². The summed E-state index contributed by atoms with van der Waals surface area (Å²) in [5.41, 5.74) is 7.42. The molecule has 2 aromatic carbocycles. The number of amides is 1. The number of nitrogen functional groups attached to an aromatic ring is 1. The van der Waals surface area contributed by atoms with Gasteiger partial charge in [-0.1, -0.05) is 6.07 Å². The van der Waals surface area contributed by atoms with Gasteiger partial charge in [0.1, 0.15) is 5.82 Å². The van der Waals surface area contributed by atoms with Crippen LogP contribution in [0.3, 0.4) is 0 Å². The number of aryl methyl sites for hydroxylation is 1.